The third-order valence-electron chi connectivity index (χ3n) is 5.88. The van der Waals surface area contributed by atoms with Gasteiger partial charge in [-0.25, -0.2) is 0 Å². The minimum absolute atomic E-state index is 0.276. The second-order valence-corrected chi connectivity index (χ2v) is 8.59. The summed E-state index contributed by atoms with van der Waals surface area (Å²) in [7, 11) is 0. The highest BCUT2D eigenvalue weighted by Gasteiger charge is 2.20. The molecule has 0 aliphatic heterocycles. The molecule has 3 aromatic rings. The van der Waals surface area contributed by atoms with Gasteiger partial charge in [-0.2, -0.15) is 5.10 Å². The Hall–Kier alpha value is -3.13. The van der Waals surface area contributed by atoms with E-state index in [0.29, 0.717) is 11.8 Å². The second kappa shape index (κ2) is 8.71. The Labute approximate surface area is 180 Å². The molecule has 2 heteroatoms. The zero-order valence-corrected chi connectivity index (χ0v) is 18.3. The number of nitrogens with one attached hydrogen (secondary N) is 1. The summed E-state index contributed by atoms with van der Waals surface area (Å²) in [5, 5.41) is 4.69. The van der Waals surface area contributed by atoms with Crippen LogP contribution in [0.25, 0.3) is 6.08 Å². The van der Waals surface area contributed by atoms with E-state index in [-0.39, 0.29) is 5.92 Å². The molecule has 1 aliphatic carbocycles. The van der Waals surface area contributed by atoms with Crippen LogP contribution in [0.4, 0.5) is 5.69 Å². The number of hydrogen-bond donors (Lipinski definition) is 1. The van der Waals surface area contributed by atoms with Crippen LogP contribution < -0.4 is 5.43 Å². The first kappa shape index (κ1) is 20.2. The van der Waals surface area contributed by atoms with Crippen molar-refractivity contribution in [3.8, 4) is 0 Å². The van der Waals surface area contributed by atoms with Crippen LogP contribution in [0.2, 0.25) is 0 Å². The van der Waals surface area contributed by atoms with E-state index < -0.39 is 0 Å². The Bertz CT molecular complexity index is 1060. The molecule has 0 saturated heterocycles. The number of para-hydroxylation sites is 1. The van der Waals surface area contributed by atoms with Crippen molar-refractivity contribution >= 4 is 18.0 Å². The molecule has 0 radical (unpaired) electrons. The molecule has 3 aromatic carbocycles. The van der Waals surface area contributed by atoms with Crippen LogP contribution in [-0.4, -0.2) is 6.21 Å². The SMILES string of the molecule is CC(C)c1cccc(C(C)C)c1N/N=C/c1ccccc1C1C=Cc2ccccc21. The van der Waals surface area contributed by atoms with Crippen molar-refractivity contribution in [3.05, 3.63) is 106 Å². The number of hydrazone groups is 1. The highest BCUT2D eigenvalue weighted by atomic mass is 15.3. The predicted octanol–water partition coefficient (Wildman–Crippen LogP) is 7.54. The molecule has 2 nitrogen and oxygen atoms in total. The summed E-state index contributed by atoms with van der Waals surface area (Å²) in [5.74, 6) is 1.15. The Balaban J connectivity index is 1.64. The largest absolute Gasteiger partial charge is 0.278 e. The fraction of sp³-hybridized carbons (Fsp3) is 0.250. The predicted molar refractivity (Wildman–Crippen MR) is 130 cm³/mol. The molecule has 0 saturated carbocycles. The molecule has 0 aromatic heterocycles. The molecule has 152 valence electrons. The zero-order chi connectivity index (χ0) is 21.1. The fourth-order valence-corrected chi connectivity index (χ4v) is 4.28. The third-order valence-corrected chi connectivity index (χ3v) is 5.88. The molecular weight excluding hydrogens is 364 g/mol. The maximum atomic E-state index is 4.69. The maximum absolute atomic E-state index is 4.69. The van der Waals surface area contributed by atoms with E-state index in [1.807, 2.05) is 6.21 Å². The number of fused-ring (bicyclic) bond motifs is 1. The highest BCUT2D eigenvalue weighted by Crippen LogP contribution is 2.36. The third kappa shape index (κ3) is 3.95. The van der Waals surface area contributed by atoms with Crippen molar-refractivity contribution in [2.45, 2.75) is 45.4 Å². The molecule has 1 atom stereocenters. The number of rotatable bonds is 6. The maximum Gasteiger partial charge on any atom is 0.0630 e. The molecule has 4 rings (SSSR count). The zero-order valence-electron chi connectivity index (χ0n) is 18.3. The van der Waals surface area contributed by atoms with Crippen LogP contribution >= 0.6 is 0 Å². The van der Waals surface area contributed by atoms with Crippen LogP contribution in [0.1, 0.15) is 78.8 Å². The normalized spacial score (nSPS) is 15.3. The lowest BCUT2D eigenvalue weighted by atomic mass is 9.90. The van der Waals surface area contributed by atoms with Crippen molar-refractivity contribution in [1.29, 1.82) is 0 Å². The summed E-state index contributed by atoms with van der Waals surface area (Å²) >= 11 is 0. The van der Waals surface area contributed by atoms with Crippen LogP contribution in [0, 0.1) is 0 Å². The number of benzene rings is 3. The minimum atomic E-state index is 0.276. The Morgan fingerprint density at radius 3 is 2.10 bits per heavy atom. The van der Waals surface area contributed by atoms with E-state index in [9.17, 15) is 0 Å². The smallest absolute Gasteiger partial charge is 0.0630 e. The first-order valence-corrected chi connectivity index (χ1v) is 10.8. The van der Waals surface area contributed by atoms with Crippen molar-refractivity contribution in [2.75, 3.05) is 5.43 Å². The van der Waals surface area contributed by atoms with Crippen LogP contribution in [0.3, 0.4) is 0 Å². The van der Waals surface area contributed by atoms with E-state index in [4.69, 9.17) is 0 Å². The van der Waals surface area contributed by atoms with Crippen molar-refractivity contribution < 1.29 is 0 Å². The van der Waals surface area contributed by atoms with Crippen molar-refractivity contribution in [3.63, 3.8) is 0 Å². The van der Waals surface area contributed by atoms with Gasteiger partial charge in [0.2, 0.25) is 0 Å². The van der Waals surface area contributed by atoms with Gasteiger partial charge in [0.15, 0.2) is 0 Å². The Kier molecular flexibility index (Phi) is 5.85. The molecule has 0 amide bonds. The van der Waals surface area contributed by atoms with Gasteiger partial charge in [-0.15, -0.1) is 0 Å². The molecule has 0 heterocycles. The summed E-state index contributed by atoms with van der Waals surface area (Å²) in [6.07, 6.45) is 6.47. The van der Waals surface area contributed by atoms with Gasteiger partial charge in [0.05, 0.1) is 11.9 Å². The molecule has 0 bridgehead atoms. The molecule has 1 aliphatic rings. The standard InChI is InChI=1S/C28H30N2/c1-19(2)23-14-9-15-24(20(3)4)28(23)30-29-18-22-11-6-8-13-26(22)27-17-16-21-10-5-7-12-25(21)27/h5-20,27,30H,1-4H3/b29-18+. The first-order chi connectivity index (χ1) is 14.6. The van der Waals surface area contributed by atoms with Gasteiger partial charge in [0.1, 0.15) is 0 Å². The van der Waals surface area contributed by atoms with Crippen molar-refractivity contribution in [2.24, 2.45) is 5.10 Å². The van der Waals surface area contributed by atoms with Crippen LogP contribution in [0.5, 0.6) is 0 Å². The van der Waals surface area contributed by atoms with E-state index in [0.717, 1.165) is 11.3 Å². The highest BCUT2D eigenvalue weighted by molar-refractivity contribution is 5.84. The van der Waals surface area contributed by atoms with Crippen molar-refractivity contribution in [1.82, 2.24) is 0 Å². The van der Waals surface area contributed by atoms with E-state index in [1.165, 1.54) is 27.8 Å². The van der Waals surface area contributed by atoms with Gasteiger partial charge in [-0.1, -0.05) is 107 Å². The Morgan fingerprint density at radius 1 is 0.767 bits per heavy atom. The molecule has 0 fully saturated rings. The molecular formula is C28H30N2. The number of hydrogen-bond acceptors (Lipinski definition) is 2. The average molecular weight is 395 g/mol. The summed E-state index contributed by atoms with van der Waals surface area (Å²) in [6.45, 7) is 8.92. The summed E-state index contributed by atoms with van der Waals surface area (Å²) < 4.78 is 0. The van der Waals surface area contributed by atoms with Gasteiger partial charge >= 0.3 is 0 Å². The number of allylic oxidation sites excluding steroid dienone is 1. The lowest BCUT2D eigenvalue weighted by Gasteiger charge is -2.19. The molecule has 0 spiro atoms. The average Bonchev–Trinajstić information content (AvgIpc) is 3.18. The van der Waals surface area contributed by atoms with Gasteiger partial charge in [0, 0.05) is 5.92 Å². The molecule has 1 N–H and O–H groups in total. The van der Waals surface area contributed by atoms with Gasteiger partial charge in [-0.3, -0.25) is 5.43 Å². The van der Waals surface area contributed by atoms with Crippen LogP contribution in [0.15, 0.2) is 77.9 Å². The number of nitrogens with zero attached hydrogens (tertiary/aromatic N) is 1. The van der Waals surface area contributed by atoms with Gasteiger partial charge < -0.3 is 0 Å². The summed E-state index contributed by atoms with van der Waals surface area (Å²) in [5.41, 5.74) is 12.2. The van der Waals surface area contributed by atoms with Gasteiger partial charge in [-0.05, 0) is 45.2 Å². The first-order valence-electron chi connectivity index (χ1n) is 10.8. The second-order valence-electron chi connectivity index (χ2n) is 8.59. The lowest BCUT2D eigenvalue weighted by Crippen LogP contribution is -2.05. The minimum Gasteiger partial charge on any atom is -0.278 e. The molecule has 30 heavy (non-hydrogen) atoms. The topological polar surface area (TPSA) is 24.4 Å². The Morgan fingerprint density at radius 2 is 1.40 bits per heavy atom. The lowest BCUT2D eigenvalue weighted by molar-refractivity contribution is 0.835. The summed E-state index contributed by atoms with van der Waals surface area (Å²) in [6, 6.07) is 23.7. The van der Waals surface area contributed by atoms with Crippen LogP contribution in [-0.2, 0) is 0 Å². The fourth-order valence-electron chi connectivity index (χ4n) is 4.28. The van der Waals surface area contributed by atoms with Gasteiger partial charge in [0.25, 0.3) is 0 Å². The quantitative estimate of drug-likeness (QED) is 0.339. The van der Waals surface area contributed by atoms with E-state index >= 15 is 0 Å². The molecule has 1 unspecified atom stereocenters. The van der Waals surface area contributed by atoms with E-state index in [2.05, 4.69) is 117 Å². The van der Waals surface area contributed by atoms with E-state index in [1.54, 1.807) is 0 Å². The number of anilines is 1. The monoisotopic (exact) mass is 394 g/mol. The summed E-state index contributed by atoms with van der Waals surface area (Å²) in [4.78, 5) is 0.